The van der Waals surface area contributed by atoms with Gasteiger partial charge in [0.1, 0.15) is 12.6 Å². The van der Waals surface area contributed by atoms with Crippen molar-refractivity contribution in [3.63, 3.8) is 0 Å². The predicted octanol–water partition coefficient (Wildman–Crippen LogP) is 4.66. The summed E-state index contributed by atoms with van der Waals surface area (Å²) in [5, 5.41) is 14.3. The third kappa shape index (κ3) is 7.29. The molecule has 1 aliphatic rings. The van der Waals surface area contributed by atoms with E-state index in [1.54, 1.807) is 18.2 Å². The van der Waals surface area contributed by atoms with Gasteiger partial charge in [0.2, 0.25) is 11.8 Å². The van der Waals surface area contributed by atoms with E-state index in [0.717, 1.165) is 35.6 Å². The van der Waals surface area contributed by atoms with Gasteiger partial charge in [-0.2, -0.15) is 0 Å². The highest BCUT2D eigenvalue weighted by Gasteiger charge is 2.34. The third-order valence-electron chi connectivity index (χ3n) is 7.24. The minimum absolute atomic E-state index is 0.0354. The van der Waals surface area contributed by atoms with Crippen LogP contribution in [0.5, 0.6) is 0 Å². The zero-order chi connectivity index (χ0) is 29.4. The number of hydrogen-bond acceptors (Lipinski definition) is 6. The fourth-order valence-electron chi connectivity index (χ4n) is 5.06. The van der Waals surface area contributed by atoms with Gasteiger partial charge in [0.05, 0.1) is 15.5 Å². The highest BCUT2D eigenvalue weighted by molar-refractivity contribution is 7.92. The number of carbonyl (C=O) groups excluding carboxylic acids is 2. The molecule has 0 heterocycles. The van der Waals surface area contributed by atoms with Gasteiger partial charge in [-0.3, -0.25) is 24.0 Å². The van der Waals surface area contributed by atoms with Crippen molar-refractivity contribution in [2.75, 3.05) is 10.8 Å². The molecule has 0 aromatic heterocycles. The van der Waals surface area contributed by atoms with Crippen molar-refractivity contribution in [2.45, 2.75) is 62.6 Å². The van der Waals surface area contributed by atoms with Crippen LogP contribution >= 0.6 is 0 Å². The van der Waals surface area contributed by atoms with Crippen molar-refractivity contribution < 1.29 is 22.9 Å². The molecule has 0 unspecified atom stereocenters. The summed E-state index contributed by atoms with van der Waals surface area (Å²) in [4.78, 5) is 39.5. The highest BCUT2D eigenvalue weighted by Crippen LogP contribution is 2.27. The number of non-ortho nitro benzene ring substituents is 1. The largest absolute Gasteiger partial charge is 0.352 e. The average molecular weight is 579 g/mol. The Kier molecular flexibility index (Phi) is 9.72. The minimum atomic E-state index is -4.24. The first-order valence-electron chi connectivity index (χ1n) is 13.7. The van der Waals surface area contributed by atoms with Crippen LogP contribution in [0.2, 0.25) is 0 Å². The van der Waals surface area contributed by atoms with Gasteiger partial charge in [-0.1, -0.05) is 68.3 Å². The number of nitro benzene ring substituents is 1. The average Bonchev–Trinajstić information content (AvgIpc) is 3.49. The molecule has 3 aromatic rings. The topological polar surface area (TPSA) is 130 Å². The Bertz CT molecular complexity index is 1440. The predicted molar refractivity (Wildman–Crippen MR) is 156 cm³/mol. The van der Waals surface area contributed by atoms with E-state index in [0.29, 0.717) is 6.42 Å². The number of rotatable bonds is 12. The molecule has 1 saturated carbocycles. The number of hydrogen-bond donors (Lipinski definition) is 1. The van der Waals surface area contributed by atoms with Crippen LogP contribution in [0.4, 0.5) is 11.4 Å². The molecule has 0 aliphatic heterocycles. The second kappa shape index (κ2) is 13.4. The SMILES string of the molecule is CC[C@H](C(=O)NC1CCCC1)N(Cc1ccccc1)C(=O)CN(c1ccc([N+](=O)[O-])cc1)S(=O)(=O)c1ccccc1. The number of carbonyl (C=O) groups is 2. The van der Waals surface area contributed by atoms with Gasteiger partial charge in [-0.05, 0) is 49.1 Å². The van der Waals surface area contributed by atoms with Crippen molar-refractivity contribution >= 4 is 33.2 Å². The van der Waals surface area contributed by atoms with Crippen LogP contribution in [0.15, 0.2) is 89.8 Å². The number of sulfonamides is 1. The summed E-state index contributed by atoms with van der Waals surface area (Å²) in [5.41, 5.74) is 0.675. The first kappa shape index (κ1) is 29.7. The molecule has 41 heavy (non-hydrogen) atoms. The zero-order valence-electron chi connectivity index (χ0n) is 22.9. The van der Waals surface area contributed by atoms with Crippen LogP contribution in [-0.2, 0) is 26.2 Å². The van der Waals surface area contributed by atoms with E-state index in [9.17, 15) is 28.1 Å². The van der Waals surface area contributed by atoms with Gasteiger partial charge in [0, 0.05) is 24.7 Å². The summed E-state index contributed by atoms with van der Waals surface area (Å²) < 4.78 is 28.6. The van der Waals surface area contributed by atoms with Crippen LogP contribution in [0, 0.1) is 10.1 Å². The van der Waals surface area contributed by atoms with Gasteiger partial charge in [-0.25, -0.2) is 8.42 Å². The molecule has 11 heteroatoms. The van der Waals surface area contributed by atoms with Gasteiger partial charge in [-0.15, -0.1) is 0 Å². The lowest BCUT2D eigenvalue weighted by Gasteiger charge is -2.33. The van der Waals surface area contributed by atoms with Crippen molar-refractivity contribution in [3.05, 3.63) is 101 Å². The van der Waals surface area contributed by atoms with Crippen molar-refractivity contribution in [1.82, 2.24) is 10.2 Å². The molecule has 0 bridgehead atoms. The molecule has 0 radical (unpaired) electrons. The van der Waals surface area contributed by atoms with Crippen LogP contribution in [-0.4, -0.2) is 48.7 Å². The van der Waals surface area contributed by atoms with E-state index in [4.69, 9.17) is 0 Å². The van der Waals surface area contributed by atoms with Crippen LogP contribution in [0.25, 0.3) is 0 Å². The molecule has 1 N–H and O–H groups in total. The maximum Gasteiger partial charge on any atom is 0.269 e. The Morgan fingerprint density at radius 3 is 2.10 bits per heavy atom. The maximum atomic E-state index is 14.1. The molecule has 3 aromatic carbocycles. The van der Waals surface area contributed by atoms with Crippen LogP contribution in [0.1, 0.15) is 44.6 Å². The van der Waals surface area contributed by atoms with Gasteiger partial charge >= 0.3 is 0 Å². The fraction of sp³-hybridized carbons (Fsp3) is 0.333. The second-order valence-electron chi connectivity index (χ2n) is 10.0. The van der Waals surface area contributed by atoms with E-state index in [1.165, 1.54) is 41.3 Å². The van der Waals surface area contributed by atoms with Gasteiger partial charge in [0.15, 0.2) is 0 Å². The Morgan fingerprint density at radius 2 is 1.54 bits per heavy atom. The van der Waals surface area contributed by atoms with E-state index in [-0.39, 0.29) is 34.8 Å². The molecule has 216 valence electrons. The molecule has 0 saturated heterocycles. The Balaban J connectivity index is 1.70. The van der Waals surface area contributed by atoms with Crippen molar-refractivity contribution in [2.24, 2.45) is 0 Å². The Labute approximate surface area is 240 Å². The molecular formula is C30H34N4O6S. The molecule has 4 rings (SSSR count). The lowest BCUT2D eigenvalue weighted by atomic mass is 10.1. The number of nitrogens with one attached hydrogen (secondary N) is 1. The van der Waals surface area contributed by atoms with Crippen LogP contribution < -0.4 is 9.62 Å². The van der Waals surface area contributed by atoms with E-state index < -0.39 is 33.4 Å². The Morgan fingerprint density at radius 1 is 0.951 bits per heavy atom. The summed E-state index contributed by atoms with van der Waals surface area (Å²) in [5.74, 6) is -0.836. The zero-order valence-corrected chi connectivity index (χ0v) is 23.7. The van der Waals surface area contributed by atoms with Crippen molar-refractivity contribution in [1.29, 1.82) is 0 Å². The summed E-state index contributed by atoms with van der Waals surface area (Å²) in [6.45, 7) is 1.32. The lowest BCUT2D eigenvalue weighted by molar-refractivity contribution is -0.384. The second-order valence-corrected chi connectivity index (χ2v) is 11.9. The van der Waals surface area contributed by atoms with Gasteiger partial charge < -0.3 is 10.2 Å². The monoisotopic (exact) mass is 578 g/mol. The van der Waals surface area contributed by atoms with Crippen LogP contribution in [0.3, 0.4) is 0 Å². The fourth-order valence-corrected chi connectivity index (χ4v) is 6.49. The van der Waals surface area contributed by atoms with E-state index in [1.807, 2.05) is 37.3 Å². The lowest BCUT2D eigenvalue weighted by Crippen LogP contribution is -2.53. The Hall–Kier alpha value is -4.25. The first-order valence-corrected chi connectivity index (χ1v) is 15.1. The molecule has 1 atom stereocenters. The number of anilines is 1. The molecule has 0 spiro atoms. The number of nitrogens with zero attached hydrogens (tertiary/aromatic N) is 3. The number of nitro groups is 1. The maximum absolute atomic E-state index is 14.1. The molecule has 1 fully saturated rings. The number of amides is 2. The van der Waals surface area contributed by atoms with E-state index >= 15 is 0 Å². The summed E-state index contributed by atoms with van der Waals surface area (Å²) in [7, 11) is -4.24. The smallest absolute Gasteiger partial charge is 0.269 e. The van der Waals surface area contributed by atoms with E-state index in [2.05, 4.69) is 5.32 Å². The summed E-state index contributed by atoms with van der Waals surface area (Å²) >= 11 is 0. The summed E-state index contributed by atoms with van der Waals surface area (Å²) in [6.07, 6.45) is 4.18. The summed E-state index contributed by atoms with van der Waals surface area (Å²) in [6, 6.07) is 21.1. The number of benzene rings is 3. The molecule has 1 aliphatic carbocycles. The molecule has 2 amide bonds. The standard InChI is InChI=1S/C30H34N4O6S/c1-2-28(30(36)31-24-13-9-10-14-24)32(21-23-11-5-3-6-12-23)29(35)22-33(25-17-19-26(20-18-25)34(37)38)41(39,40)27-15-7-4-8-16-27/h3-8,11-12,15-20,24,28H,2,9-10,13-14,21-22H2,1H3,(H,31,36)/t28-/m1/s1. The minimum Gasteiger partial charge on any atom is -0.352 e. The quantitative estimate of drug-likeness (QED) is 0.246. The molecule has 10 nitrogen and oxygen atoms in total. The third-order valence-corrected chi connectivity index (χ3v) is 9.03. The highest BCUT2D eigenvalue weighted by atomic mass is 32.2. The van der Waals surface area contributed by atoms with Gasteiger partial charge in [0.25, 0.3) is 15.7 Å². The first-order chi connectivity index (χ1) is 19.7. The normalized spacial score (nSPS) is 14.3. The van der Waals surface area contributed by atoms with Crippen molar-refractivity contribution in [3.8, 4) is 0 Å². The molecular weight excluding hydrogens is 544 g/mol.